The third-order valence-electron chi connectivity index (χ3n) is 6.00. The maximum Gasteiger partial charge on any atom is 0.0916 e. The molecule has 26 heavy (non-hydrogen) atoms. The highest BCUT2D eigenvalue weighted by Crippen LogP contribution is 2.27. The molecule has 148 valence electrons. The van der Waals surface area contributed by atoms with Crippen molar-refractivity contribution in [3.63, 3.8) is 0 Å². The Labute approximate surface area is 165 Å². The molecule has 0 spiro atoms. The molecule has 5 heteroatoms. The van der Waals surface area contributed by atoms with Gasteiger partial charge in [0, 0.05) is 26.2 Å². The van der Waals surface area contributed by atoms with Crippen molar-refractivity contribution in [1.29, 1.82) is 0 Å². The molecule has 2 saturated heterocycles. The second-order valence-electron chi connectivity index (χ2n) is 8.60. The molecule has 2 unspecified atom stereocenters. The Bertz CT molecular complexity index is 513. The number of rotatable bonds is 7. The van der Waals surface area contributed by atoms with Gasteiger partial charge in [-0.25, -0.2) is 0 Å². The van der Waals surface area contributed by atoms with Crippen LogP contribution in [0.4, 0.5) is 0 Å². The molecule has 0 saturated carbocycles. The van der Waals surface area contributed by atoms with Crippen LogP contribution >= 0.6 is 12.4 Å². The van der Waals surface area contributed by atoms with E-state index in [1.54, 1.807) is 0 Å². The molecule has 2 atom stereocenters. The van der Waals surface area contributed by atoms with Gasteiger partial charge >= 0.3 is 0 Å². The van der Waals surface area contributed by atoms with Crippen LogP contribution in [0, 0.1) is 11.3 Å². The molecule has 3 rings (SSSR count). The Balaban J connectivity index is 0.00000243. The summed E-state index contributed by atoms with van der Waals surface area (Å²) in [7, 11) is 2.29. The molecule has 2 N–H and O–H groups in total. The van der Waals surface area contributed by atoms with E-state index < -0.39 is 0 Å². The third kappa shape index (κ3) is 6.21. The molecule has 2 heterocycles. The first-order valence-corrected chi connectivity index (χ1v) is 9.89. The lowest BCUT2D eigenvalue weighted by Gasteiger charge is -2.36. The molecule has 2 aliphatic rings. The van der Waals surface area contributed by atoms with E-state index >= 15 is 0 Å². The van der Waals surface area contributed by atoms with E-state index in [4.69, 9.17) is 0 Å². The minimum absolute atomic E-state index is 0. The van der Waals surface area contributed by atoms with Crippen LogP contribution in [0.5, 0.6) is 0 Å². The van der Waals surface area contributed by atoms with Crippen LogP contribution in [-0.4, -0.2) is 67.8 Å². The molecule has 1 aromatic carbocycles. The summed E-state index contributed by atoms with van der Waals surface area (Å²) in [6, 6.07) is 10.0. The van der Waals surface area contributed by atoms with Crippen LogP contribution in [0.15, 0.2) is 30.3 Å². The predicted octanol–water partition coefficient (Wildman–Crippen LogP) is 2.79. The molecular formula is C21H36ClN3O. The number of benzene rings is 1. The molecule has 0 aliphatic carbocycles. The van der Waals surface area contributed by atoms with Crippen LogP contribution < -0.4 is 5.32 Å². The highest BCUT2D eigenvalue weighted by Gasteiger charge is 2.30. The van der Waals surface area contributed by atoms with Crippen LogP contribution in [0.1, 0.15) is 37.9 Å². The Morgan fingerprint density at radius 1 is 1.27 bits per heavy atom. The normalized spacial score (nSPS) is 26.0. The number of halogens is 1. The van der Waals surface area contributed by atoms with Crippen molar-refractivity contribution in [2.24, 2.45) is 11.3 Å². The topological polar surface area (TPSA) is 38.7 Å². The lowest BCUT2D eigenvalue weighted by molar-refractivity contribution is 0.0794. The van der Waals surface area contributed by atoms with E-state index in [-0.39, 0.29) is 18.5 Å². The number of likely N-dealkylation sites (tertiary alicyclic amines) is 1. The van der Waals surface area contributed by atoms with E-state index in [0.717, 1.165) is 37.7 Å². The molecule has 0 radical (unpaired) electrons. The quantitative estimate of drug-likeness (QED) is 0.761. The smallest absolute Gasteiger partial charge is 0.0916 e. The Hall–Kier alpha value is -0.650. The van der Waals surface area contributed by atoms with Gasteiger partial charge in [-0.2, -0.15) is 0 Å². The number of hydrogen-bond acceptors (Lipinski definition) is 4. The van der Waals surface area contributed by atoms with Crippen molar-refractivity contribution in [3.05, 3.63) is 35.9 Å². The lowest BCUT2D eigenvalue weighted by Crippen LogP contribution is -2.42. The van der Waals surface area contributed by atoms with Crippen molar-refractivity contribution in [1.82, 2.24) is 15.1 Å². The summed E-state index contributed by atoms with van der Waals surface area (Å²) in [4.78, 5) is 4.97. The fraction of sp³-hybridized carbons (Fsp3) is 0.714. The number of hydrogen-bond donors (Lipinski definition) is 2. The van der Waals surface area contributed by atoms with E-state index in [1.807, 2.05) is 30.3 Å². The number of nitrogens with one attached hydrogen (secondary N) is 1. The molecule has 1 aromatic rings. The Morgan fingerprint density at radius 2 is 1.96 bits per heavy atom. The van der Waals surface area contributed by atoms with Crippen molar-refractivity contribution < 1.29 is 5.11 Å². The van der Waals surface area contributed by atoms with Gasteiger partial charge in [-0.3, -0.25) is 0 Å². The number of piperidine rings is 1. The molecule has 2 fully saturated rings. The molecule has 4 nitrogen and oxygen atoms in total. The lowest BCUT2D eigenvalue weighted by atomic mass is 9.88. The number of aliphatic hydroxyl groups is 1. The Kier molecular flexibility index (Phi) is 8.37. The molecule has 0 amide bonds. The molecule has 0 bridgehead atoms. The first-order valence-electron chi connectivity index (χ1n) is 9.89. The number of nitrogens with zero attached hydrogens (tertiary/aromatic N) is 2. The van der Waals surface area contributed by atoms with Crippen LogP contribution in [0.2, 0.25) is 0 Å². The summed E-state index contributed by atoms with van der Waals surface area (Å²) < 4.78 is 0. The van der Waals surface area contributed by atoms with Crippen LogP contribution in [-0.2, 0) is 0 Å². The minimum atomic E-state index is -0.366. The largest absolute Gasteiger partial charge is 0.387 e. The average molecular weight is 382 g/mol. The highest BCUT2D eigenvalue weighted by molar-refractivity contribution is 5.85. The number of aliphatic hydroxyl groups excluding tert-OH is 1. The maximum absolute atomic E-state index is 10.4. The summed E-state index contributed by atoms with van der Waals surface area (Å²) in [5.74, 6) is 0.799. The zero-order chi connectivity index (χ0) is 17.7. The van der Waals surface area contributed by atoms with Gasteiger partial charge in [-0.1, -0.05) is 37.3 Å². The summed E-state index contributed by atoms with van der Waals surface area (Å²) in [6.45, 7) is 10.1. The average Bonchev–Trinajstić information content (AvgIpc) is 3.03. The van der Waals surface area contributed by atoms with Crippen LogP contribution in [0.25, 0.3) is 0 Å². The van der Waals surface area contributed by atoms with Gasteiger partial charge in [0.15, 0.2) is 0 Å². The fourth-order valence-corrected chi connectivity index (χ4v) is 4.54. The maximum atomic E-state index is 10.4. The third-order valence-corrected chi connectivity index (χ3v) is 6.00. The summed E-state index contributed by atoms with van der Waals surface area (Å²) in [6.07, 6.45) is 3.43. The van der Waals surface area contributed by atoms with Crippen LogP contribution in [0.3, 0.4) is 0 Å². The monoisotopic (exact) mass is 381 g/mol. The van der Waals surface area contributed by atoms with E-state index in [2.05, 4.69) is 29.1 Å². The second kappa shape index (κ2) is 10.0. The fourth-order valence-electron chi connectivity index (χ4n) is 4.54. The zero-order valence-corrected chi connectivity index (χ0v) is 17.2. The van der Waals surface area contributed by atoms with Crippen molar-refractivity contribution in [2.45, 2.75) is 32.3 Å². The van der Waals surface area contributed by atoms with Gasteiger partial charge < -0.3 is 20.2 Å². The van der Waals surface area contributed by atoms with E-state index in [1.165, 1.54) is 38.9 Å². The van der Waals surface area contributed by atoms with Gasteiger partial charge in [0.2, 0.25) is 0 Å². The highest BCUT2D eigenvalue weighted by atomic mass is 35.5. The second-order valence-corrected chi connectivity index (χ2v) is 8.60. The molecule has 0 aromatic heterocycles. The van der Waals surface area contributed by atoms with Gasteiger partial charge in [0.1, 0.15) is 0 Å². The van der Waals surface area contributed by atoms with Crippen molar-refractivity contribution in [2.75, 3.05) is 52.9 Å². The summed E-state index contributed by atoms with van der Waals surface area (Å²) in [5.41, 5.74) is 1.48. The Morgan fingerprint density at radius 3 is 2.58 bits per heavy atom. The minimum Gasteiger partial charge on any atom is -0.387 e. The first-order chi connectivity index (χ1) is 12.0. The standard InChI is InChI=1S/C21H35N3O.ClH/c1-21(10-11-22-16-21)17-23(2)14-18-8-12-24(13-9-18)15-20(25)19-6-4-3-5-7-19;/h3-7,18,20,22,25H,8-17H2,1-2H3;1H. The van der Waals surface area contributed by atoms with Crippen molar-refractivity contribution in [3.8, 4) is 0 Å². The number of β-amino-alcohol motifs (C(OH)–C–C–N with tert-alkyl or cyclic N) is 1. The van der Waals surface area contributed by atoms with E-state index in [9.17, 15) is 5.11 Å². The summed E-state index contributed by atoms with van der Waals surface area (Å²) >= 11 is 0. The SMILES string of the molecule is CN(CC1CCN(CC(O)c2ccccc2)CC1)CC1(C)CCNC1.Cl. The van der Waals surface area contributed by atoms with Gasteiger partial charge in [0.25, 0.3) is 0 Å². The first kappa shape index (κ1) is 21.6. The predicted molar refractivity (Wildman–Crippen MR) is 111 cm³/mol. The zero-order valence-electron chi connectivity index (χ0n) is 16.4. The van der Waals surface area contributed by atoms with Gasteiger partial charge in [-0.15, -0.1) is 12.4 Å². The summed E-state index contributed by atoms with van der Waals surface area (Å²) in [5, 5.41) is 13.9. The van der Waals surface area contributed by atoms with Gasteiger partial charge in [-0.05, 0) is 62.8 Å². The van der Waals surface area contributed by atoms with E-state index in [0.29, 0.717) is 5.41 Å². The molecular weight excluding hydrogens is 346 g/mol. The van der Waals surface area contributed by atoms with Gasteiger partial charge in [0.05, 0.1) is 6.10 Å². The molecule has 2 aliphatic heterocycles. The van der Waals surface area contributed by atoms with Crippen molar-refractivity contribution >= 4 is 12.4 Å².